The van der Waals surface area contributed by atoms with Gasteiger partial charge in [0, 0.05) is 16.9 Å². The second-order valence-electron chi connectivity index (χ2n) is 6.56. The maximum absolute atomic E-state index is 12.7. The van der Waals surface area contributed by atoms with E-state index in [1.165, 1.54) is 11.3 Å². The fourth-order valence-corrected chi connectivity index (χ4v) is 3.87. The van der Waals surface area contributed by atoms with Crippen molar-refractivity contribution >= 4 is 28.2 Å². The number of anilines is 1. The molecule has 1 N–H and O–H groups in total. The number of benzene rings is 1. The van der Waals surface area contributed by atoms with Gasteiger partial charge in [0.25, 0.3) is 0 Å². The minimum absolute atomic E-state index is 0.00844. The first-order valence-corrected chi connectivity index (χ1v) is 10.3. The summed E-state index contributed by atoms with van der Waals surface area (Å²) < 4.78 is 10.9. The molecular weight excluding hydrogens is 362 g/mol. The number of esters is 1. The summed E-state index contributed by atoms with van der Waals surface area (Å²) in [6.45, 7) is 4.84. The summed E-state index contributed by atoms with van der Waals surface area (Å²) in [7, 11) is 0. The molecular formula is C21H25NO4S. The van der Waals surface area contributed by atoms with Crippen molar-refractivity contribution < 1.29 is 19.1 Å². The first-order chi connectivity index (χ1) is 13.1. The Balaban J connectivity index is 1.89. The molecule has 0 radical (unpaired) electrons. The second kappa shape index (κ2) is 9.04. The Morgan fingerprint density at radius 3 is 2.52 bits per heavy atom. The molecule has 0 saturated heterocycles. The highest BCUT2D eigenvalue weighted by Gasteiger charge is 2.28. The third-order valence-electron chi connectivity index (χ3n) is 4.62. The lowest BCUT2D eigenvalue weighted by atomic mass is 9.85. The van der Waals surface area contributed by atoms with Crippen LogP contribution in [0.25, 0.3) is 11.1 Å². The zero-order valence-electron chi connectivity index (χ0n) is 15.7. The third-order valence-corrected chi connectivity index (χ3v) is 5.52. The molecule has 3 rings (SSSR count). The van der Waals surface area contributed by atoms with Gasteiger partial charge in [-0.05, 0) is 43.9 Å². The summed E-state index contributed by atoms with van der Waals surface area (Å²) in [5, 5.41) is 5.41. The average Bonchev–Trinajstić information content (AvgIpc) is 3.02. The van der Waals surface area contributed by atoms with Gasteiger partial charge in [-0.1, -0.05) is 25.5 Å². The van der Waals surface area contributed by atoms with Gasteiger partial charge in [0.15, 0.2) is 0 Å². The summed E-state index contributed by atoms with van der Waals surface area (Å²) in [4.78, 5) is 25.1. The monoisotopic (exact) mass is 387 g/mol. The van der Waals surface area contributed by atoms with E-state index in [0.29, 0.717) is 23.8 Å². The van der Waals surface area contributed by atoms with Crippen LogP contribution in [0.5, 0.6) is 5.75 Å². The molecule has 2 aromatic rings. The van der Waals surface area contributed by atoms with Gasteiger partial charge in [0.2, 0.25) is 5.91 Å². The minimum Gasteiger partial charge on any atom is -0.494 e. The van der Waals surface area contributed by atoms with Crippen LogP contribution in [0.1, 0.15) is 49.9 Å². The zero-order valence-corrected chi connectivity index (χ0v) is 16.6. The predicted octanol–water partition coefficient (Wildman–Crippen LogP) is 5.12. The molecule has 27 heavy (non-hydrogen) atoms. The molecule has 1 fully saturated rings. The van der Waals surface area contributed by atoms with Crippen LogP contribution < -0.4 is 10.1 Å². The number of carbonyl (C=O) groups excluding carboxylic acids is 2. The molecule has 1 aromatic carbocycles. The summed E-state index contributed by atoms with van der Waals surface area (Å²) >= 11 is 1.36. The molecule has 0 bridgehead atoms. The molecule has 1 aliphatic rings. The van der Waals surface area contributed by atoms with Gasteiger partial charge in [-0.2, -0.15) is 0 Å². The molecule has 0 unspecified atom stereocenters. The standard InChI is InChI=1S/C21H25NO4S/c1-3-12-26-21(24)18-17(14-8-10-16(11-9-14)25-4-2)13-27-20(18)22-19(23)15-6-5-7-15/h8-11,13,15H,3-7,12H2,1-2H3,(H,22,23). The number of nitrogens with one attached hydrogen (secondary N) is 1. The van der Waals surface area contributed by atoms with Crippen LogP contribution in [0.15, 0.2) is 29.6 Å². The maximum atomic E-state index is 12.7. The molecule has 1 heterocycles. The first kappa shape index (κ1) is 19.4. The summed E-state index contributed by atoms with van der Waals surface area (Å²) in [5.74, 6) is 0.433. The smallest absolute Gasteiger partial charge is 0.341 e. The van der Waals surface area contributed by atoms with Crippen LogP contribution in [0.3, 0.4) is 0 Å². The van der Waals surface area contributed by atoms with Crippen molar-refractivity contribution in [1.29, 1.82) is 0 Å². The van der Waals surface area contributed by atoms with Gasteiger partial charge < -0.3 is 14.8 Å². The highest BCUT2D eigenvalue weighted by molar-refractivity contribution is 7.15. The van der Waals surface area contributed by atoms with Gasteiger partial charge in [0.05, 0.1) is 13.2 Å². The van der Waals surface area contributed by atoms with E-state index in [1.54, 1.807) is 0 Å². The van der Waals surface area contributed by atoms with Gasteiger partial charge in [-0.15, -0.1) is 11.3 Å². The third kappa shape index (κ3) is 4.50. The Morgan fingerprint density at radius 2 is 1.93 bits per heavy atom. The Bertz CT molecular complexity index is 793. The molecule has 6 heteroatoms. The fraction of sp³-hybridized carbons (Fsp3) is 0.429. The molecule has 0 atom stereocenters. The fourth-order valence-electron chi connectivity index (χ4n) is 2.91. The molecule has 1 amide bonds. The quantitative estimate of drug-likeness (QED) is 0.639. The number of thiophene rings is 1. The van der Waals surface area contributed by atoms with Gasteiger partial charge >= 0.3 is 5.97 Å². The number of ether oxygens (including phenoxy) is 2. The van der Waals surface area contributed by atoms with E-state index in [-0.39, 0.29) is 11.8 Å². The molecule has 1 saturated carbocycles. The number of carbonyl (C=O) groups is 2. The second-order valence-corrected chi connectivity index (χ2v) is 7.44. The van der Waals surface area contributed by atoms with Crippen LogP contribution >= 0.6 is 11.3 Å². The molecule has 0 spiro atoms. The van der Waals surface area contributed by atoms with Crippen LogP contribution in [-0.4, -0.2) is 25.1 Å². The largest absolute Gasteiger partial charge is 0.494 e. The Kier molecular flexibility index (Phi) is 6.50. The molecule has 0 aliphatic heterocycles. The van der Waals surface area contributed by atoms with Crippen molar-refractivity contribution in [2.75, 3.05) is 18.5 Å². The lowest BCUT2D eigenvalue weighted by Gasteiger charge is -2.23. The number of hydrogen-bond donors (Lipinski definition) is 1. The molecule has 1 aliphatic carbocycles. The predicted molar refractivity (Wildman–Crippen MR) is 107 cm³/mol. The summed E-state index contributed by atoms with van der Waals surface area (Å²) in [6, 6.07) is 7.59. The molecule has 144 valence electrons. The van der Waals surface area contributed by atoms with E-state index < -0.39 is 5.97 Å². The number of hydrogen-bond acceptors (Lipinski definition) is 5. The van der Waals surface area contributed by atoms with E-state index in [2.05, 4.69) is 5.32 Å². The van der Waals surface area contributed by atoms with Crippen LogP contribution in [0.4, 0.5) is 5.00 Å². The van der Waals surface area contributed by atoms with Crippen molar-refractivity contribution in [3.8, 4) is 16.9 Å². The highest BCUT2D eigenvalue weighted by Crippen LogP contribution is 2.38. The maximum Gasteiger partial charge on any atom is 0.341 e. The SMILES string of the molecule is CCCOC(=O)c1c(-c2ccc(OCC)cc2)csc1NC(=O)C1CCC1. The normalized spacial score (nSPS) is 13.7. The van der Waals surface area contributed by atoms with Crippen molar-refractivity contribution in [1.82, 2.24) is 0 Å². The van der Waals surface area contributed by atoms with Crippen LogP contribution in [0, 0.1) is 5.92 Å². The van der Waals surface area contributed by atoms with E-state index in [9.17, 15) is 9.59 Å². The van der Waals surface area contributed by atoms with E-state index >= 15 is 0 Å². The number of rotatable bonds is 8. The van der Waals surface area contributed by atoms with Crippen molar-refractivity contribution in [2.24, 2.45) is 5.92 Å². The van der Waals surface area contributed by atoms with E-state index in [1.807, 2.05) is 43.5 Å². The van der Waals surface area contributed by atoms with Crippen LogP contribution in [-0.2, 0) is 9.53 Å². The Labute approximate surface area is 163 Å². The van der Waals surface area contributed by atoms with Crippen LogP contribution in [0.2, 0.25) is 0 Å². The molecule has 5 nitrogen and oxygen atoms in total. The van der Waals surface area contributed by atoms with Gasteiger partial charge in [-0.25, -0.2) is 4.79 Å². The van der Waals surface area contributed by atoms with E-state index in [4.69, 9.17) is 9.47 Å². The molecule has 1 aromatic heterocycles. The van der Waals surface area contributed by atoms with Gasteiger partial charge in [-0.3, -0.25) is 4.79 Å². The van der Waals surface area contributed by atoms with E-state index in [0.717, 1.165) is 42.6 Å². The summed E-state index contributed by atoms with van der Waals surface area (Å²) in [6.07, 6.45) is 3.67. The average molecular weight is 388 g/mol. The van der Waals surface area contributed by atoms with Gasteiger partial charge in [0.1, 0.15) is 16.3 Å². The number of amides is 1. The Morgan fingerprint density at radius 1 is 1.19 bits per heavy atom. The van der Waals surface area contributed by atoms with Crippen molar-refractivity contribution in [3.05, 3.63) is 35.2 Å². The lowest BCUT2D eigenvalue weighted by Crippen LogP contribution is -2.28. The topological polar surface area (TPSA) is 64.6 Å². The van der Waals surface area contributed by atoms with Crippen molar-refractivity contribution in [2.45, 2.75) is 39.5 Å². The first-order valence-electron chi connectivity index (χ1n) is 9.46. The summed E-state index contributed by atoms with van der Waals surface area (Å²) in [5.41, 5.74) is 2.10. The lowest BCUT2D eigenvalue weighted by molar-refractivity contribution is -0.122. The zero-order chi connectivity index (χ0) is 19.2. The minimum atomic E-state index is -0.397. The van der Waals surface area contributed by atoms with Crippen molar-refractivity contribution in [3.63, 3.8) is 0 Å². The Hall–Kier alpha value is -2.34. The highest BCUT2D eigenvalue weighted by atomic mass is 32.1.